The van der Waals surface area contributed by atoms with Gasteiger partial charge in [-0.3, -0.25) is 0 Å². The molecule has 1 aromatic carbocycles. The maximum absolute atomic E-state index is 12.2. The highest BCUT2D eigenvalue weighted by atomic mass is 19.3. The number of carbonyl (C=O) groups is 1. The summed E-state index contributed by atoms with van der Waals surface area (Å²) in [5.74, 6) is 0.241. The number of aldehydes is 1. The summed E-state index contributed by atoms with van der Waals surface area (Å²) in [6, 6.07) is 4.82. The van der Waals surface area contributed by atoms with Crippen molar-refractivity contribution in [2.24, 2.45) is 0 Å². The SMILES string of the molecule is COc1cccc(CCC=O)c1OC(F)F. The van der Waals surface area contributed by atoms with E-state index in [0.717, 1.165) is 6.29 Å². The van der Waals surface area contributed by atoms with Gasteiger partial charge in [-0.15, -0.1) is 0 Å². The van der Waals surface area contributed by atoms with Crippen LogP contribution in [0.3, 0.4) is 0 Å². The largest absolute Gasteiger partial charge is 0.493 e. The molecule has 0 N–H and O–H groups in total. The molecule has 0 aliphatic carbocycles. The lowest BCUT2D eigenvalue weighted by Gasteiger charge is -2.13. The lowest BCUT2D eigenvalue weighted by molar-refractivity contribution is -0.107. The Morgan fingerprint density at radius 2 is 2.19 bits per heavy atom. The smallest absolute Gasteiger partial charge is 0.387 e. The van der Waals surface area contributed by atoms with Crippen LogP contribution in [0.2, 0.25) is 0 Å². The van der Waals surface area contributed by atoms with Crippen LogP contribution >= 0.6 is 0 Å². The monoisotopic (exact) mass is 230 g/mol. The second-order valence-electron chi connectivity index (χ2n) is 3.03. The minimum absolute atomic E-state index is 0.00171. The highest BCUT2D eigenvalue weighted by Gasteiger charge is 2.14. The van der Waals surface area contributed by atoms with Crippen LogP contribution in [0.4, 0.5) is 8.78 Å². The summed E-state index contributed by atoms with van der Waals surface area (Å²) in [6.07, 6.45) is 1.33. The molecule has 0 atom stereocenters. The number of aryl methyl sites for hydroxylation is 1. The van der Waals surface area contributed by atoms with Gasteiger partial charge >= 0.3 is 6.61 Å². The number of para-hydroxylation sites is 1. The third-order valence-corrected chi connectivity index (χ3v) is 2.02. The van der Waals surface area contributed by atoms with E-state index in [1.54, 1.807) is 12.1 Å². The van der Waals surface area contributed by atoms with Gasteiger partial charge in [-0.2, -0.15) is 8.78 Å². The number of benzene rings is 1. The molecule has 0 bridgehead atoms. The molecular formula is C11H12F2O3. The first-order chi connectivity index (χ1) is 7.69. The van der Waals surface area contributed by atoms with E-state index in [1.165, 1.54) is 13.2 Å². The maximum Gasteiger partial charge on any atom is 0.387 e. The lowest BCUT2D eigenvalue weighted by atomic mass is 10.1. The summed E-state index contributed by atoms with van der Waals surface area (Å²) >= 11 is 0. The normalized spacial score (nSPS) is 10.2. The molecule has 0 aromatic heterocycles. The van der Waals surface area contributed by atoms with Crippen LogP contribution in [0, 0.1) is 0 Å². The molecule has 0 saturated carbocycles. The Hall–Kier alpha value is -1.65. The predicted octanol–water partition coefficient (Wildman–Crippen LogP) is 2.43. The zero-order valence-corrected chi connectivity index (χ0v) is 8.78. The number of halogens is 2. The van der Waals surface area contributed by atoms with E-state index in [4.69, 9.17) is 4.74 Å². The van der Waals surface area contributed by atoms with Gasteiger partial charge in [-0.05, 0) is 18.1 Å². The summed E-state index contributed by atoms with van der Waals surface area (Å²) in [5, 5.41) is 0. The highest BCUT2D eigenvalue weighted by Crippen LogP contribution is 2.32. The van der Waals surface area contributed by atoms with Gasteiger partial charge in [0.05, 0.1) is 7.11 Å². The predicted molar refractivity (Wildman–Crippen MR) is 54.0 cm³/mol. The van der Waals surface area contributed by atoms with Crippen LogP contribution in [0.25, 0.3) is 0 Å². The number of carbonyl (C=O) groups excluding carboxylic acids is 1. The summed E-state index contributed by atoms with van der Waals surface area (Å²) in [6.45, 7) is -2.91. The van der Waals surface area contributed by atoms with Crippen molar-refractivity contribution in [3.8, 4) is 11.5 Å². The van der Waals surface area contributed by atoms with E-state index >= 15 is 0 Å². The average molecular weight is 230 g/mol. The van der Waals surface area contributed by atoms with Gasteiger partial charge in [0, 0.05) is 6.42 Å². The molecule has 1 rings (SSSR count). The molecule has 0 aliphatic rings. The molecule has 0 unspecified atom stereocenters. The Labute approximate surface area is 92.0 Å². The lowest BCUT2D eigenvalue weighted by Crippen LogP contribution is -2.06. The standard InChI is InChI=1S/C11H12F2O3/c1-15-9-6-2-4-8(5-3-7-14)10(9)16-11(12)13/h2,4,6-7,11H,3,5H2,1H3. The van der Waals surface area contributed by atoms with E-state index < -0.39 is 6.61 Å². The first kappa shape index (κ1) is 12.4. The third-order valence-electron chi connectivity index (χ3n) is 2.02. The van der Waals surface area contributed by atoms with Crippen molar-refractivity contribution >= 4 is 6.29 Å². The van der Waals surface area contributed by atoms with Gasteiger partial charge in [0.1, 0.15) is 6.29 Å². The van der Waals surface area contributed by atoms with Crippen LogP contribution in [-0.2, 0) is 11.2 Å². The van der Waals surface area contributed by atoms with Crippen molar-refractivity contribution in [3.05, 3.63) is 23.8 Å². The van der Waals surface area contributed by atoms with Gasteiger partial charge in [0.2, 0.25) is 0 Å². The molecule has 0 amide bonds. The quantitative estimate of drug-likeness (QED) is 0.704. The van der Waals surface area contributed by atoms with Crippen LogP contribution in [0.15, 0.2) is 18.2 Å². The molecule has 5 heteroatoms. The summed E-state index contributed by atoms with van der Waals surface area (Å²) < 4.78 is 33.7. The van der Waals surface area contributed by atoms with Crippen molar-refractivity contribution in [1.29, 1.82) is 0 Å². The fourth-order valence-corrected chi connectivity index (χ4v) is 1.36. The molecule has 88 valence electrons. The molecule has 0 heterocycles. The Kier molecular flexibility index (Phi) is 4.69. The van der Waals surface area contributed by atoms with Gasteiger partial charge in [0.15, 0.2) is 11.5 Å². The van der Waals surface area contributed by atoms with Crippen molar-refractivity contribution in [2.75, 3.05) is 7.11 Å². The Morgan fingerprint density at radius 1 is 1.44 bits per heavy atom. The number of hydrogen-bond acceptors (Lipinski definition) is 3. The summed E-state index contributed by atoms with van der Waals surface area (Å²) in [5.41, 5.74) is 0.534. The molecule has 0 fully saturated rings. The third kappa shape index (κ3) is 3.18. The molecule has 0 aliphatic heterocycles. The van der Waals surface area contributed by atoms with Gasteiger partial charge in [-0.25, -0.2) is 0 Å². The number of methoxy groups -OCH3 is 1. The molecule has 16 heavy (non-hydrogen) atoms. The van der Waals surface area contributed by atoms with Crippen LogP contribution in [0.5, 0.6) is 11.5 Å². The maximum atomic E-state index is 12.2. The fourth-order valence-electron chi connectivity index (χ4n) is 1.36. The summed E-state index contributed by atoms with van der Waals surface area (Å²) in [7, 11) is 1.37. The minimum atomic E-state index is -2.91. The Morgan fingerprint density at radius 3 is 2.75 bits per heavy atom. The van der Waals surface area contributed by atoms with Crippen LogP contribution < -0.4 is 9.47 Å². The van der Waals surface area contributed by atoms with Crippen molar-refractivity contribution < 1.29 is 23.0 Å². The second-order valence-corrected chi connectivity index (χ2v) is 3.03. The number of hydrogen-bond donors (Lipinski definition) is 0. The highest BCUT2D eigenvalue weighted by molar-refractivity contribution is 5.53. The van der Waals surface area contributed by atoms with Gasteiger partial charge in [0.25, 0.3) is 0 Å². The van der Waals surface area contributed by atoms with E-state index in [2.05, 4.69) is 4.74 Å². The fraction of sp³-hybridized carbons (Fsp3) is 0.364. The first-order valence-electron chi connectivity index (χ1n) is 4.73. The van der Waals surface area contributed by atoms with Gasteiger partial charge in [-0.1, -0.05) is 12.1 Å². The van der Waals surface area contributed by atoms with E-state index in [1.807, 2.05) is 0 Å². The first-order valence-corrected chi connectivity index (χ1v) is 4.73. The number of alkyl halides is 2. The van der Waals surface area contributed by atoms with E-state index in [0.29, 0.717) is 12.0 Å². The zero-order chi connectivity index (χ0) is 12.0. The van der Waals surface area contributed by atoms with E-state index in [9.17, 15) is 13.6 Å². The molecule has 3 nitrogen and oxygen atoms in total. The van der Waals surface area contributed by atoms with Crippen molar-refractivity contribution in [3.63, 3.8) is 0 Å². The Balaban J connectivity index is 2.99. The molecular weight excluding hydrogens is 218 g/mol. The zero-order valence-electron chi connectivity index (χ0n) is 8.78. The van der Waals surface area contributed by atoms with Crippen LogP contribution in [-0.4, -0.2) is 20.0 Å². The number of rotatable bonds is 6. The summed E-state index contributed by atoms with van der Waals surface area (Å²) in [4.78, 5) is 10.2. The Bertz CT molecular complexity index is 353. The molecule has 0 saturated heterocycles. The molecule has 0 radical (unpaired) electrons. The van der Waals surface area contributed by atoms with E-state index in [-0.39, 0.29) is 17.9 Å². The van der Waals surface area contributed by atoms with Crippen LogP contribution in [0.1, 0.15) is 12.0 Å². The molecule has 0 spiro atoms. The van der Waals surface area contributed by atoms with Crippen molar-refractivity contribution in [2.45, 2.75) is 19.5 Å². The van der Waals surface area contributed by atoms with Crippen molar-refractivity contribution in [1.82, 2.24) is 0 Å². The van der Waals surface area contributed by atoms with Gasteiger partial charge < -0.3 is 14.3 Å². The minimum Gasteiger partial charge on any atom is -0.493 e. The average Bonchev–Trinajstić information content (AvgIpc) is 2.27. The topological polar surface area (TPSA) is 35.5 Å². The second kappa shape index (κ2) is 6.05. The molecule has 1 aromatic rings. The number of ether oxygens (including phenoxy) is 2.